The number of nitrogens with one attached hydrogen (secondary N) is 2. The van der Waals surface area contributed by atoms with Crippen molar-refractivity contribution < 1.29 is 9.59 Å². The molecule has 2 aliphatic rings. The first-order valence-corrected chi connectivity index (χ1v) is 8.89. The lowest BCUT2D eigenvalue weighted by Gasteiger charge is -2.46. The molecule has 0 atom stereocenters. The largest absolute Gasteiger partial charge is 0.350 e. The molecule has 1 spiro atoms. The summed E-state index contributed by atoms with van der Waals surface area (Å²) in [6.07, 6.45) is 0.968. The number of aromatic nitrogens is 2. The third kappa shape index (κ3) is 2.24. The minimum atomic E-state index is -0.809. The Morgan fingerprint density at radius 2 is 2.08 bits per heavy atom. The molecule has 4 heterocycles. The van der Waals surface area contributed by atoms with Crippen molar-refractivity contribution in [1.82, 2.24) is 20.6 Å². The molecule has 8 heteroatoms. The van der Waals surface area contributed by atoms with Gasteiger partial charge in [0.1, 0.15) is 16.5 Å². The van der Waals surface area contributed by atoms with Crippen LogP contribution in [0.25, 0.3) is 10.2 Å². The first kappa shape index (κ1) is 15.3. The predicted octanol–water partition coefficient (Wildman–Crippen LogP) is 1.60. The van der Waals surface area contributed by atoms with E-state index in [4.69, 9.17) is 0 Å². The molecule has 0 saturated carbocycles. The molecular weight excluding hydrogens is 326 g/mol. The predicted molar refractivity (Wildman–Crippen MR) is 92.3 cm³/mol. The zero-order valence-corrected chi connectivity index (χ0v) is 14.7. The van der Waals surface area contributed by atoms with E-state index < -0.39 is 11.6 Å². The van der Waals surface area contributed by atoms with E-state index in [0.717, 1.165) is 28.3 Å². The molecule has 2 aromatic heterocycles. The molecule has 3 amide bonds. The van der Waals surface area contributed by atoms with Gasteiger partial charge in [0.05, 0.1) is 18.5 Å². The van der Waals surface area contributed by atoms with E-state index >= 15 is 0 Å². The van der Waals surface area contributed by atoms with Gasteiger partial charge in [-0.15, -0.1) is 11.3 Å². The van der Waals surface area contributed by atoms with Crippen LogP contribution in [-0.4, -0.2) is 40.5 Å². The van der Waals surface area contributed by atoms with E-state index in [-0.39, 0.29) is 5.91 Å². The highest BCUT2D eigenvalue weighted by atomic mass is 32.1. The van der Waals surface area contributed by atoms with Gasteiger partial charge in [-0.3, -0.25) is 10.1 Å². The minimum absolute atomic E-state index is 0.251. The number of thiophene rings is 1. The van der Waals surface area contributed by atoms with Gasteiger partial charge in [-0.05, 0) is 30.2 Å². The smallest absolute Gasteiger partial charge is 0.322 e. The van der Waals surface area contributed by atoms with Crippen molar-refractivity contribution in [2.45, 2.75) is 32.7 Å². The molecule has 7 nitrogen and oxygen atoms in total. The first-order valence-electron chi connectivity index (χ1n) is 8.01. The number of carbonyl (C=O) groups is 2. The number of fused-ring (bicyclic) bond motifs is 1. The zero-order valence-electron chi connectivity index (χ0n) is 13.8. The van der Waals surface area contributed by atoms with Crippen LogP contribution in [0, 0.1) is 12.8 Å². The summed E-state index contributed by atoms with van der Waals surface area (Å²) in [7, 11) is 0. The lowest BCUT2D eigenvalue weighted by molar-refractivity contribution is -0.124. The van der Waals surface area contributed by atoms with Crippen LogP contribution < -0.4 is 15.5 Å². The zero-order chi connectivity index (χ0) is 17.1. The highest BCUT2D eigenvalue weighted by Crippen LogP contribution is 2.37. The Bertz CT molecular complexity index is 854. The van der Waals surface area contributed by atoms with Crippen LogP contribution in [0.3, 0.4) is 0 Å². The molecule has 24 heavy (non-hydrogen) atoms. The van der Waals surface area contributed by atoms with Crippen molar-refractivity contribution in [3.8, 4) is 0 Å². The summed E-state index contributed by atoms with van der Waals surface area (Å²) in [4.78, 5) is 35.7. The monoisotopic (exact) mass is 345 g/mol. The van der Waals surface area contributed by atoms with Crippen LogP contribution >= 0.6 is 11.3 Å². The molecule has 2 aliphatic heterocycles. The standard InChI is InChI=1S/C16H19N5O2S/c1-8(2)4-10-5-24-13-11(10)12(17-9(3)18-13)21-6-16(7-21)14(22)19-15(23)20-16/h5,8H,4,6-7H2,1-3H3,(H2,19,20,22,23). The Kier molecular flexibility index (Phi) is 3.28. The fourth-order valence-corrected chi connectivity index (χ4v) is 4.40. The molecular formula is C16H19N5O2S. The average molecular weight is 345 g/mol. The van der Waals surface area contributed by atoms with E-state index in [1.54, 1.807) is 11.3 Å². The lowest BCUT2D eigenvalue weighted by atomic mass is 9.89. The number of nitrogens with zero attached hydrogens (tertiary/aromatic N) is 3. The Morgan fingerprint density at radius 3 is 2.71 bits per heavy atom. The van der Waals surface area contributed by atoms with E-state index in [1.165, 1.54) is 5.56 Å². The third-order valence-electron chi connectivity index (χ3n) is 4.47. The van der Waals surface area contributed by atoms with Crippen molar-refractivity contribution in [3.63, 3.8) is 0 Å². The lowest BCUT2D eigenvalue weighted by Crippen LogP contribution is -2.71. The summed E-state index contributed by atoms with van der Waals surface area (Å²) in [5.41, 5.74) is 0.442. The van der Waals surface area contributed by atoms with Gasteiger partial charge >= 0.3 is 6.03 Å². The number of urea groups is 1. The molecule has 0 unspecified atom stereocenters. The number of anilines is 1. The molecule has 0 radical (unpaired) electrons. The van der Waals surface area contributed by atoms with Gasteiger partial charge in [0.25, 0.3) is 5.91 Å². The van der Waals surface area contributed by atoms with Crippen LogP contribution in [0.1, 0.15) is 25.2 Å². The van der Waals surface area contributed by atoms with E-state index in [2.05, 4.69) is 44.7 Å². The summed E-state index contributed by atoms with van der Waals surface area (Å²) in [5.74, 6) is 1.88. The van der Waals surface area contributed by atoms with Gasteiger partial charge < -0.3 is 10.2 Å². The van der Waals surface area contributed by atoms with Gasteiger partial charge in [0.15, 0.2) is 5.54 Å². The minimum Gasteiger partial charge on any atom is -0.350 e. The molecule has 2 saturated heterocycles. The van der Waals surface area contributed by atoms with Crippen molar-refractivity contribution in [3.05, 3.63) is 16.8 Å². The highest BCUT2D eigenvalue weighted by Gasteiger charge is 2.55. The molecule has 0 bridgehead atoms. The quantitative estimate of drug-likeness (QED) is 0.825. The Balaban J connectivity index is 1.71. The Morgan fingerprint density at radius 1 is 1.33 bits per heavy atom. The number of hydrogen-bond acceptors (Lipinski definition) is 6. The van der Waals surface area contributed by atoms with Crippen LogP contribution in [0.15, 0.2) is 5.38 Å². The third-order valence-corrected chi connectivity index (χ3v) is 5.39. The topological polar surface area (TPSA) is 87.2 Å². The van der Waals surface area contributed by atoms with Crippen LogP contribution in [0.5, 0.6) is 0 Å². The SMILES string of the molecule is Cc1nc(N2CC3(C2)NC(=O)NC3=O)c2c(CC(C)C)csc2n1. The number of carbonyl (C=O) groups excluding carboxylic acids is 2. The van der Waals surface area contributed by atoms with Crippen LogP contribution in [0.4, 0.5) is 10.6 Å². The van der Waals surface area contributed by atoms with Gasteiger partial charge in [-0.25, -0.2) is 14.8 Å². The maximum Gasteiger partial charge on any atom is 0.322 e. The van der Waals surface area contributed by atoms with Gasteiger partial charge in [0, 0.05) is 0 Å². The molecule has 0 aliphatic carbocycles. The number of hydrogen-bond donors (Lipinski definition) is 2. The van der Waals surface area contributed by atoms with Gasteiger partial charge in [-0.1, -0.05) is 13.8 Å². The molecule has 126 valence electrons. The maximum absolute atomic E-state index is 12.0. The molecule has 0 aromatic carbocycles. The molecule has 2 aromatic rings. The molecule has 2 fully saturated rings. The van der Waals surface area contributed by atoms with Crippen LogP contribution in [-0.2, 0) is 11.2 Å². The molecule has 2 N–H and O–H groups in total. The van der Waals surface area contributed by atoms with E-state index in [0.29, 0.717) is 19.0 Å². The fraction of sp³-hybridized carbons (Fsp3) is 0.500. The van der Waals surface area contributed by atoms with Crippen LogP contribution in [0.2, 0.25) is 0 Å². The van der Waals surface area contributed by atoms with Crippen molar-refractivity contribution in [2.75, 3.05) is 18.0 Å². The second-order valence-corrected chi connectivity index (χ2v) is 7.84. The fourth-order valence-electron chi connectivity index (χ4n) is 3.41. The second-order valence-electron chi connectivity index (χ2n) is 6.98. The van der Waals surface area contributed by atoms with Gasteiger partial charge in [0.2, 0.25) is 0 Å². The summed E-state index contributed by atoms with van der Waals surface area (Å²) in [6, 6.07) is -0.417. The summed E-state index contributed by atoms with van der Waals surface area (Å²) < 4.78 is 0. The summed E-state index contributed by atoms with van der Waals surface area (Å²) in [6.45, 7) is 7.13. The Labute approximate surface area is 143 Å². The van der Waals surface area contributed by atoms with Gasteiger partial charge in [-0.2, -0.15) is 0 Å². The number of aryl methyl sites for hydroxylation is 1. The van der Waals surface area contributed by atoms with E-state index in [1.807, 2.05) is 6.92 Å². The number of rotatable bonds is 3. The number of amides is 3. The maximum atomic E-state index is 12.0. The highest BCUT2D eigenvalue weighted by molar-refractivity contribution is 7.17. The normalized spacial score (nSPS) is 19.1. The molecule has 4 rings (SSSR count). The average Bonchev–Trinajstić information content (AvgIpc) is 2.96. The summed E-state index contributed by atoms with van der Waals surface area (Å²) >= 11 is 1.63. The van der Waals surface area contributed by atoms with Crippen molar-refractivity contribution in [1.29, 1.82) is 0 Å². The van der Waals surface area contributed by atoms with E-state index in [9.17, 15) is 9.59 Å². The number of imide groups is 1. The van der Waals surface area contributed by atoms with Crippen molar-refractivity contribution in [2.24, 2.45) is 5.92 Å². The Hall–Kier alpha value is -2.22. The second kappa shape index (κ2) is 5.14. The van der Waals surface area contributed by atoms with Crippen molar-refractivity contribution >= 4 is 39.3 Å². The summed E-state index contributed by atoms with van der Waals surface area (Å²) in [5, 5.41) is 8.29. The first-order chi connectivity index (χ1) is 11.4.